The van der Waals surface area contributed by atoms with Crippen LogP contribution >= 0.6 is 15.9 Å². The highest BCUT2D eigenvalue weighted by Gasteiger charge is 2.21. The van der Waals surface area contributed by atoms with Crippen molar-refractivity contribution < 1.29 is 8.94 Å². The van der Waals surface area contributed by atoms with Gasteiger partial charge in [-0.2, -0.15) is 0 Å². The topological polar surface area (TPSA) is 78.1 Å². The molecule has 0 aromatic carbocycles. The summed E-state index contributed by atoms with van der Waals surface area (Å²) >= 11 is 3.31. The summed E-state index contributed by atoms with van der Waals surface area (Å²) in [6, 6.07) is 7.35. The van der Waals surface area contributed by atoms with Gasteiger partial charge in [-0.25, -0.2) is 0 Å². The summed E-state index contributed by atoms with van der Waals surface area (Å²) in [5.41, 5.74) is 8.56. The second-order valence-electron chi connectivity index (χ2n) is 3.59. The molecular formula is C12H8BrN3O2. The molecule has 0 radical (unpaired) electrons. The number of furan rings is 1. The Labute approximate surface area is 111 Å². The van der Waals surface area contributed by atoms with Gasteiger partial charge < -0.3 is 14.7 Å². The van der Waals surface area contributed by atoms with Crippen LogP contribution in [-0.4, -0.2) is 10.1 Å². The van der Waals surface area contributed by atoms with Gasteiger partial charge in [0, 0.05) is 6.20 Å². The summed E-state index contributed by atoms with van der Waals surface area (Å²) < 4.78 is 10.8. The number of rotatable bonds is 2. The van der Waals surface area contributed by atoms with E-state index in [1.165, 1.54) is 0 Å². The average molecular weight is 306 g/mol. The number of halogens is 1. The number of hydrogen-bond donors (Lipinski definition) is 1. The molecule has 2 N–H and O–H groups in total. The molecule has 5 nitrogen and oxygen atoms in total. The van der Waals surface area contributed by atoms with Crippen molar-refractivity contribution in [3.8, 4) is 22.5 Å². The van der Waals surface area contributed by atoms with Crippen molar-refractivity contribution >= 4 is 21.8 Å². The van der Waals surface area contributed by atoms with Crippen LogP contribution in [-0.2, 0) is 0 Å². The number of pyridine rings is 1. The molecule has 3 aromatic heterocycles. The molecule has 0 bridgehead atoms. The van der Waals surface area contributed by atoms with Crippen LogP contribution in [0.4, 0.5) is 5.88 Å². The van der Waals surface area contributed by atoms with Crippen LogP contribution in [0.25, 0.3) is 22.5 Å². The van der Waals surface area contributed by atoms with Crippen LogP contribution in [0.15, 0.2) is 50.3 Å². The maximum absolute atomic E-state index is 5.81. The fourth-order valence-corrected chi connectivity index (χ4v) is 2.14. The number of nitrogen functional groups attached to an aromatic ring is 1. The molecule has 0 spiro atoms. The van der Waals surface area contributed by atoms with E-state index >= 15 is 0 Å². The molecular weight excluding hydrogens is 298 g/mol. The maximum atomic E-state index is 5.81. The summed E-state index contributed by atoms with van der Waals surface area (Å²) in [5, 5.41) is 3.97. The molecule has 6 heteroatoms. The first-order valence-electron chi connectivity index (χ1n) is 5.17. The molecule has 0 aliphatic carbocycles. The molecule has 0 aliphatic rings. The van der Waals surface area contributed by atoms with Gasteiger partial charge in [-0.15, -0.1) is 0 Å². The van der Waals surface area contributed by atoms with Crippen LogP contribution in [0.1, 0.15) is 0 Å². The van der Waals surface area contributed by atoms with Crippen molar-refractivity contribution in [1.82, 2.24) is 10.1 Å². The Morgan fingerprint density at radius 3 is 2.78 bits per heavy atom. The van der Waals surface area contributed by atoms with E-state index in [1.54, 1.807) is 18.5 Å². The number of aromatic nitrogens is 2. The molecule has 3 aromatic rings. The number of hydrogen-bond acceptors (Lipinski definition) is 5. The third kappa shape index (κ3) is 1.70. The first kappa shape index (κ1) is 11.0. The second-order valence-corrected chi connectivity index (χ2v) is 4.31. The Morgan fingerprint density at radius 2 is 2.11 bits per heavy atom. The Hall–Kier alpha value is -2.08. The molecule has 3 rings (SSSR count). The predicted octanol–water partition coefficient (Wildman–Crippen LogP) is 3.34. The second kappa shape index (κ2) is 4.30. The van der Waals surface area contributed by atoms with Crippen LogP contribution in [0, 0.1) is 0 Å². The van der Waals surface area contributed by atoms with Gasteiger partial charge in [-0.1, -0.05) is 11.2 Å². The lowest BCUT2D eigenvalue weighted by Crippen LogP contribution is -1.89. The van der Waals surface area contributed by atoms with Gasteiger partial charge in [0.2, 0.25) is 5.88 Å². The zero-order chi connectivity index (χ0) is 12.5. The summed E-state index contributed by atoms with van der Waals surface area (Å²) in [7, 11) is 0. The minimum Gasteiger partial charge on any atom is -0.457 e. The summed E-state index contributed by atoms with van der Waals surface area (Å²) in [6.07, 6.45) is 3.25. The third-order valence-electron chi connectivity index (χ3n) is 2.51. The van der Waals surface area contributed by atoms with Gasteiger partial charge in [-0.3, -0.25) is 4.98 Å². The minimum atomic E-state index is 0.233. The zero-order valence-corrected chi connectivity index (χ0v) is 10.7. The summed E-state index contributed by atoms with van der Waals surface area (Å²) in [4.78, 5) is 4.26. The minimum absolute atomic E-state index is 0.233. The molecule has 0 saturated carbocycles. The molecule has 18 heavy (non-hydrogen) atoms. The molecule has 0 amide bonds. The third-order valence-corrected chi connectivity index (χ3v) is 3.13. The molecule has 3 heterocycles. The Bertz CT molecular complexity index is 676. The highest BCUT2D eigenvalue weighted by molar-refractivity contribution is 9.10. The van der Waals surface area contributed by atoms with Gasteiger partial charge in [0.15, 0.2) is 4.67 Å². The van der Waals surface area contributed by atoms with E-state index in [-0.39, 0.29) is 5.88 Å². The van der Waals surface area contributed by atoms with E-state index in [0.717, 1.165) is 5.56 Å². The maximum Gasteiger partial charge on any atom is 0.232 e. The SMILES string of the molecule is Nc1onc(-c2ccoc2Br)c1-c1ccccn1. The zero-order valence-electron chi connectivity index (χ0n) is 9.13. The van der Waals surface area contributed by atoms with Crippen molar-refractivity contribution in [3.63, 3.8) is 0 Å². The summed E-state index contributed by atoms with van der Waals surface area (Å²) in [6.45, 7) is 0. The van der Waals surface area contributed by atoms with E-state index in [1.807, 2.05) is 18.2 Å². The van der Waals surface area contributed by atoms with Crippen molar-refractivity contribution in [2.24, 2.45) is 0 Å². The van der Waals surface area contributed by atoms with Crippen molar-refractivity contribution in [2.75, 3.05) is 5.73 Å². The fourth-order valence-electron chi connectivity index (χ4n) is 1.71. The quantitative estimate of drug-likeness (QED) is 0.785. The fraction of sp³-hybridized carbons (Fsp3) is 0. The first-order valence-corrected chi connectivity index (χ1v) is 5.96. The van der Waals surface area contributed by atoms with Crippen LogP contribution in [0.5, 0.6) is 0 Å². The largest absolute Gasteiger partial charge is 0.457 e. The average Bonchev–Trinajstić information content (AvgIpc) is 2.96. The first-order chi connectivity index (χ1) is 8.77. The van der Waals surface area contributed by atoms with Crippen LogP contribution in [0.2, 0.25) is 0 Å². The van der Waals surface area contributed by atoms with Gasteiger partial charge >= 0.3 is 0 Å². The molecule has 0 aliphatic heterocycles. The molecule has 0 unspecified atom stereocenters. The van der Waals surface area contributed by atoms with Gasteiger partial charge in [0.25, 0.3) is 0 Å². The number of anilines is 1. The highest BCUT2D eigenvalue weighted by atomic mass is 79.9. The smallest absolute Gasteiger partial charge is 0.232 e. The predicted molar refractivity (Wildman–Crippen MR) is 69.5 cm³/mol. The van der Waals surface area contributed by atoms with Gasteiger partial charge in [0.1, 0.15) is 5.69 Å². The summed E-state index contributed by atoms with van der Waals surface area (Å²) in [5.74, 6) is 0.233. The molecule has 0 fully saturated rings. The normalized spacial score (nSPS) is 10.7. The lowest BCUT2D eigenvalue weighted by molar-refractivity contribution is 0.439. The standard InChI is InChI=1S/C12H8BrN3O2/c13-11-7(4-6-17-11)10-9(12(14)18-16-10)8-3-1-2-5-15-8/h1-6H,14H2. The molecule has 0 atom stereocenters. The van der Waals surface area contributed by atoms with E-state index in [9.17, 15) is 0 Å². The number of nitrogens with two attached hydrogens (primary N) is 1. The van der Waals surface area contributed by atoms with Crippen molar-refractivity contribution in [1.29, 1.82) is 0 Å². The Morgan fingerprint density at radius 1 is 1.22 bits per heavy atom. The van der Waals surface area contributed by atoms with E-state index < -0.39 is 0 Å². The monoisotopic (exact) mass is 305 g/mol. The van der Waals surface area contributed by atoms with Gasteiger partial charge in [0.05, 0.1) is 23.1 Å². The number of nitrogens with zero attached hydrogens (tertiary/aromatic N) is 2. The Balaban J connectivity index is 2.22. The van der Waals surface area contributed by atoms with E-state index in [2.05, 4.69) is 26.1 Å². The lowest BCUT2D eigenvalue weighted by atomic mass is 10.1. The van der Waals surface area contributed by atoms with Crippen LogP contribution in [0.3, 0.4) is 0 Å². The van der Waals surface area contributed by atoms with Gasteiger partial charge in [-0.05, 0) is 34.1 Å². The molecule has 0 saturated heterocycles. The Kier molecular flexibility index (Phi) is 2.64. The highest BCUT2D eigenvalue weighted by Crippen LogP contribution is 2.38. The van der Waals surface area contributed by atoms with E-state index in [0.29, 0.717) is 21.6 Å². The van der Waals surface area contributed by atoms with E-state index in [4.69, 9.17) is 14.7 Å². The molecule has 90 valence electrons. The van der Waals surface area contributed by atoms with Crippen molar-refractivity contribution in [3.05, 3.63) is 41.4 Å². The lowest BCUT2D eigenvalue weighted by Gasteiger charge is -1.99. The van der Waals surface area contributed by atoms with Crippen LogP contribution < -0.4 is 5.73 Å². The van der Waals surface area contributed by atoms with Crippen molar-refractivity contribution in [2.45, 2.75) is 0 Å².